The quantitative estimate of drug-likeness (QED) is 0.729. The lowest BCUT2D eigenvalue weighted by Crippen LogP contribution is -2.19. The van der Waals surface area contributed by atoms with Crippen molar-refractivity contribution in [2.75, 3.05) is 19.8 Å². The van der Waals surface area contributed by atoms with Crippen molar-refractivity contribution >= 4 is 0 Å². The van der Waals surface area contributed by atoms with Gasteiger partial charge in [0.2, 0.25) is 0 Å². The summed E-state index contributed by atoms with van der Waals surface area (Å²) >= 11 is 0. The zero-order chi connectivity index (χ0) is 12.0. The van der Waals surface area contributed by atoms with Crippen molar-refractivity contribution in [3.63, 3.8) is 0 Å². The number of benzene rings is 1. The van der Waals surface area contributed by atoms with Gasteiger partial charge in [0, 0.05) is 0 Å². The minimum Gasteiger partial charge on any atom is -0.491 e. The van der Waals surface area contributed by atoms with E-state index in [9.17, 15) is 13.2 Å². The van der Waals surface area contributed by atoms with Crippen molar-refractivity contribution < 1.29 is 22.6 Å². The summed E-state index contributed by atoms with van der Waals surface area (Å²) in [6, 6.07) is 7.30. The van der Waals surface area contributed by atoms with Crippen molar-refractivity contribution in [2.24, 2.45) is 0 Å². The molecule has 0 atom stereocenters. The van der Waals surface area contributed by atoms with Crippen LogP contribution in [0.1, 0.15) is 5.56 Å². The van der Waals surface area contributed by atoms with E-state index in [1.54, 1.807) is 12.1 Å². The summed E-state index contributed by atoms with van der Waals surface area (Å²) in [4.78, 5) is 0. The molecule has 1 aromatic rings. The van der Waals surface area contributed by atoms with Crippen LogP contribution in [-0.4, -0.2) is 26.0 Å². The van der Waals surface area contributed by atoms with E-state index in [-0.39, 0.29) is 13.2 Å². The number of hydrogen-bond donors (Lipinski definition) is 0. The maximum absolute atomic E-state index is 11.7. The first-order chi connectivity index (χ1) is 7.49. The first kappa shape index (κ1) is 12.8. The molecule has 0 saturated carbocycles. The summed E-state index contributed by atoms with van der Waals surface area (Å²) in [5.74, 6) is 0.665. The summed E-state index contributed by atoms with van der Waals surface area (Å²) in [7, 11) is 0. The van der Waals surface area contributed by atoms with Crippen molar-refractivity contribution in [1.82, 2.24) is 0 Å². The number of rotatable bonds is 5. The van der Waals surface area contributed by atoms with Crippen LogP contribution in [0.5, 0.6) is 5.75 Å². The molecule has 0 aliphatic heterocycles. The standard InChI is InChI=1S/C11H13F3O2/c1-9-4-2-3-5-10(9)16-7-6-15-8-11(12,13)14/h2-5H,6-8H2,1H3. The molecule has 0 aliphatic rings. The molecule has 1 aromatic carbocycles. The Hall–Kier alpha value is -1.23. The Morgan fingerprint density at radius 2 is 1.81 bits per heavy atom. The highest BCUT2D eigenvalue weighted by atomic mass is 19.4. The predicted octanol–water partition coefficient (Wildman–Crippen LogP) is 2.95. The van der Waals surface area contributed by atoms with Gasteiger partial charge >= 0.3 is 6.18 Å². The predicted molar refractivity (Wildman–Crippen MR) is 53.5 cm³/mol. The van der Waals surface area contributed by atoms with Gasteiger partial charge in [-0.2, -0.15) is 13.2 Å². The normalized spacial score (nSPS) is 11.5. The minimum absolute atomic E-state index is 0.0756. The third kappa shape index (κ3) is 5.02. The molecule has 0 amide bonds. The van der Waals surface area contributed by atoms with Gasteiger partial charge in [0.25, 0.3) is 0 Å². The van der Waals surface area contributed by atoms with E-state index in [0.717, 1.165) is 5.56 Å². The van der Waals surface area contributed by atoms with E-state index in [0.29, 0.717) is 5.75 Å². The Balaban J connectivity index is 2.19. The molecule has 0 bridgehead atoms. The number of alkyl halides is 3. The maximum atomic E-state index is 11.7. The van der Waals surface area contributed by atoms with Gasteiger partial charge in [-0.25, -0.2) is 0 Å². The molecule has 5 heteroatoms. The van der Waals surface area contributed by atoms with Gasteiger partial charge in [0.05, 0.1) is 6.61 Å². The lowest BCUT2D eigenvalue weighted by atomic mass is 10.2. The summed E-state index contributed by atoms with van der Waals surface area (Å²) in [5.41, 5.74) is 0.943. The molecule has 0 aliphatic carbocycles. The summed E-state index contributed by atoms with van der Waals surface area (Å²) in [5, 5.41) is 0. The van der Waals surface area contributed by atoms with Crippen molar-refractivity contribution in [1.29, 1.82) is 0 Å². The van der Waals surface area contributed by atoms with Crippen LogP contribution >= 0.6 is 0 Å². The van der Waals surface area contributed by atoms with E-state index < -0.39 is 12.8 Å². The van der Waals surface area contributed by atoms with Gasteiger partial charge in [-0.3, -0.25) is 0 Å². The number of hydrogen-bond acceptors (Lipinski definition) is 2. The Morgan fingerprint density at radius 3 is 2.44 bits per heavy atom. The average molecular weight is 234 g/mol. The van der Waals surface area contributed by atoms with Crippen LogP contribution in [0.2, 0.25) is 0 Å². The van der Waals surface area contributed by atoms with Crippen LogP contribution in [0.15, 0.2) is 24.3 Å². The third-order valence-corrected chi connectivity index (χ3v) is 1.84. The van der Waals surface area contributed by atoms with E-state index >= 15 is 0 Å². The van der Waals surface area contributed by atoms with Crippen molar-refractivity contribution in [3.05, 3.63) is 29.8 Å². The number of halogens is 3. The Morgan fingerprint density at radius 1 is 1.12 bits per heavy atom. The molecule has 16 heavy (non-hydrogen) atoms. The smallest absolute Gasteiger partial charge is 0.411 e. The average Bonchev–Trinajstić information content (AvgIpc) is 2.18. The maximum Gasteiger partial charge on any atom is 0.411 e. The molecule has 0 unspecified atom stereocenters. The van der Waals surface area contributed by atoms with Gasteiger partial charge < -0.3 is 9.47 Å². The Labute approximate surface area is 92.0 Å². The lowest BCUT2D eigenvalue weighted by molar-refractivity contribution is -0.175. The molecule has 1 rings (SSSR count). The number of ether oxygens (including phenoxy) is 2. The lowest BCUT2D eigenvalue weighted by Gasteiger charge is -2.10. The highest BCUT2D eigenvalue weighted by Gasteiger charge is 2.27. The molecular weight excluding hydrogens is 221 g/mol. The van der Waals surface area contributed by atoms with Crippen LogP contribution in [0.25, 0.3) is 0 Å². The number of para-hydroxylation sites is 1. The zero-order valence-electron chi connectivity index (χ0n) is 8.88. The molecular formula is C11H13F3O2. The molecule has 0 heterocycles. The van der Waals surface area contributed by atoms with E-state index in [2.05, 4.69) is 4.74 Å². The van der Waals surface area contributed by atoms with Crippen LogP contribution < -0.4 is 4.74 Å². The van der Waals surface area contributed by atoms with Gasteiger partial charge in [0.1, 0.15) is 19.0 Å². The van der Waals surface area contributed by atoms with Gasteiger partial charge in [0.15, 0.2) is 0 Å². The molecule has 90 valence electrons. The zero-order valence-corrected chi connectivity index (χ0v) is 8.88. The second-order valence-electron chi connectivity index (χ2n) is 3.28. The first-order valence-electron chi connectivity index (χ1n) is 4.82. The van der Waals surface area contributed by atoms with E-state index in [1.165, 1.54) is 0 Å². The van der Waals surface area contributed by atoms with Gasteiger partial charge in [-0.1, -0.05) is 18.2 Å². The van der Waals surface area contributed by atoms with E-state index in [1.807, 2.05) is 19.1 Å². The fourth-order valence-corrected chi connectivity index (χ4v) is 1.12. The largest absolute Gasteiger partial charge is 0.491 e. The summed E-state index contributed by atoms with van der Waals surface area (Å²) in [6.45, 7) is 0.671. The van der Waals surface area contributed by atoms with Crippen molar-refractivity contribution in [2.45, 2.75) is 13.1 Å². The minimum atomic E-state index is -4.28. The molecule has 0 radical (unpaired) electrons. The molecule has 0 N–H and O–H groups in total. The molecule has 0 fully saturated rings. The van der Waals surface area contributed by atoms with Crippen LogP contribution in [0.4, 0.5) is 13.2 Å². The second kappa shape index (κ2) is 5.75. The fourth-order valence-electron chi connectivity index (χ4n) is 1.12. The van der Waals surface area contributed by atoms with Crippen LogP contribution in [0, 0.1) is 6.92 Å². The van der Waals surface area contributed by atoms with Gasteiger partial charge in [-0.15, -0.1) is 0 Å². The van der Waals surface area contributed by atoms with Crippen LogP contribution in [0.3, 0.4) is 0 Å². The highest BCUT2D eigenvalue weighted by molar-refractivity contribution is 5.31. The van der Waals surface area contributed by atoms with Crippen LogP contribution in [-0.2, 0) is 4.74 Å². The molecule has 0 spiro atoms. The van der Waals surface area contributed by atoms with Gasteiger partial charge in [-0.05, 0) is 18.6 Å². The molecule has 0 aromatic heterocycles. The topological polar surface area (TPSA) is 18.5 Å². The van der Waals surface area contributed by atoms with Crippen molar-refractivity contribution in [3.8, 4) is 5.75 Å². The first-order valence-corrected chi connectivity index (χ1v) is 4.82. The van der Waals surface area contributed by atoms with E-state index in [4.69, 9.17) is 4.74 Å². The molecule has 0 saturated heterocycles. The fraction of sp³-hybridized carbons (Fsp3) is 0.455. The summed E-state index contributed by atoms with van der Waals surface area (Å²) < 4.78 is 44.8. The molecule has 2 nitrogen and oxygen atoms in total. The second-order valence-corrected chi connectivity index (χ2v) is 3.28. The highest BCUT2D eigenvalue weighted by Crippen LogP contribution is 2.16. The monoisotopic (exact) mass is 234 g/mol. The summed E-state index contributed by atoms with van der Waals surface area (Å²) in [6.07, 6.45) is -4.28. The third-order valence-electron chi connectivity index (χ3n) is 1.84. The Kier molecular flexibility index (Phi) is 4.61. The SMILES string of the molecule is Cc1ccccc1OCCOCC(F)(F)F. The Bertz CT molecular complexity index is 323. The number of aryl methyl sites for hydroxylation is 1.